The fraction of sp³-hybridized carbons (Fsp3) is 0.103. The van der Waals surface area contributed by atoms with E-state index < -0.39 is 5.91 Å². The van der Waals surface area contributed by atoms with E-state index in [0.29, 0.717) is 17.2 Å². The number of halogens is 2. The van der Waals surface area contributed by atoms with Gasteiger partial charge >= 0.3 is 5.91 Å². The van der Waals surface area contributed by atoms with Crippen LogP contribution in [0.15, 0.2) is 92.9 Å². The Bertz CT molecular complexity index is 1600. The Kier molecular flexibility index (Phi) is 7.17. The van der Waals surface area contributed by atoms with Gasteiger partial charge in [0.25, 0.3) is 0 Å². The predicted octanol–water partition coefficient (Wildman–Crippen LogP) is 7.60. The maximum atomic E-state index is 12.5. The molecule has 0 bridgehead atoms. The largest absolute Gasteiger partial charge is 0.489 e. The van der Waals surface area contributed by atoms with Crippen molar-refractivity contribution >= 4 is 50.6 Å². The number of hydrazone groups is 1. The highest BCUT2D eigenvalue weighted by atomic mass is 79.9. The van der Waals surface area contributed by atoms with Gasteiger partial charge in [0.1, 0.15) is 17.9 Å². The highest BCUT2D eigenvalue weighted by Gasteiger charge is 2.13. The molecule has 0 unspecified atom stereocenters. The van der Waals surface area contributed by atoms with Crippen molar-refractivity contribution in [3.05, 3.63) is 117 Å². The van der Waals surface area contributed by atoms with Crippen LogP contribution in [0.4, 0.5) is 0 Å². The van der Waals surface area contributed by atoms with Gasteiger partial charge in [0.15, 0.2) is 5.76 Å². The Morgan fingerprint density at radius 1 is 1.05 bits per heavy atom. The van der Waals surface area contributed by atoms with Gasteiger partial charge in [-0.05, 0) is 86.1 Å². The van der Waals surface area contributed by atoms with Gasteiger partial charge in [-0.3, -0.25) is 4.79 Å². The molecule has 0 spiro atoms. The summed E-state index contributed by atoms with van der Waals surface area (Å²) in [6.45, 7) is 4.51. The van der Waals surface area contributed by atoms with Crippen LogP contribution < -0.4 is 10.2 Å². The second-order valence-electron chi connectivity index (χ2n) is 8.56. The van der Waals surface area contributed by atoms with Crippen LogP contribution in [0.5, 0.6) is 5.75 Å². The van der Waals surface area contributed by atoms with Crippen LogP contribution >= 0.6 is 27.5 Å². The summed E-state index contributed by atoms with van der Waals surface area (Å²) in [4.78, 5) is 12.5. The topological polar surface area (TPSA) is 68.8 Å². The molecule has 1 N–H and O–H groups in total. The molecule has 8 heteroatoms. The van der Waals surface area contributed by atoms with Crippen molar-refractivity contribution in [2.24, 2.45) is 5.10 Å². The number of aromatic nitrogens is 1. The lowest BCUT2D eigenvalue weighted by Gasteiger charge is -2.11. The zero-order valence-electron chi connectivity index (χ0n) is 20.2. The lowest BCUT2D eigenvalue weighted by Crippen LogP contribution is -2.16. The van der Waals surface area contributed by atoms with E-state index >= 15 is 0 Å². The molecule has 0 fully saturated rings. The van der Waals surface area contributed by atoms with E-state index in [9.17, 15) is 4.79 Å². The number of hydrogen-bond donors (Lipinski definition) is 1. The molecule has 5 aromatic rings. The van der Waals surface area contributed by atoms with E-state index in [4.69, 9.17) is 20.8 Å². The summed E-state index contributed by atoms with van der Waals surface area (Å²) in [7, 11) is 0. The summed E-state index contributed by atoms with van der Waals surface area (Å²) in [5.41, 5.74) is 8.19. The SMILES string of the molecule is Cc1cc(/C=N/NC(=O)c2cc3cc(Br)ccc3o2)c(C)n1-c1ccc(OCc2ccc(Cl)cc2)cc1. The van der Waals surface area contributed by atoms with E-state index in [2.05, 4.69) is 31.0 Å². The molecule has 37 heavy (non-hydrogen) atoms. The van der Waals surface area contributed by atoms with E-state index in [0.717, 1.165) is 43.8 Å². The average molecular weight is 577 g/mol. The predicted molar refractivity (Wildman–Crippen MR) is 150 cm³/mol. The smallest absolute Gasteiger partial charge is 0.307 e. The van der Waals surface area contributed by atoms with Crippen molar-refractivity contribution in [2.45, 2.75) is 20.5 Å². The second kappa shape index (κ2) is 10.7. The molecule has 0 radical (unpaired) electrons. The van der Waals surface area contributed by atoms with Gasteiger partial charge in [-0.1, -0.05) is 39.7 Å². The number of benzene rings is 3. The number of ether oxygens (including phenoxy) is 1. The molecule has 2 heterocycles. The fourth-order valence-corrected chi connectivity index (χ4v) is 4.60. The molecule has 0 saturated heterocycles. The van der Waals surface area contributed by atoms with Crippen LogP contribution in [-0.4, -0.2) is 16.7 Å². The van der Waals surface area contributed by atoms with Gasteiger partial charge in [-0.25, -0.2) is 5.43 Å². The molecule has 6 nitrogen and oxygen atoms in total. The molecular formula is C29H23BrClN3O3. The van der Waals surface area contributed by atoms with Crippen LogP contribution in [0.2, 0.25) is 5.02 Å². The Morgan fingerprint density at radius 2 is 1.81 bits per heavy atom. The zero-order chi connectivity index (χ0) is 25.9. The Hall–Kier alpha value is -3.81. The third-order valence-corrected chi connectivity index (χ3v) is 6.70. The first-order valence-electron chi connectivity index (χ1n) is 11.6. The number of fused-ring (bicyclic) bond motifs is 1. The minimum Gasteiger partial charge on any atom is -0.489 e. The molecule has 1 amide bonds. The van der Waals surface area contributed by atoms with E-state index in [1.165, 1.54) is 0 Å². The minimum absolute atomic E-state index is 0.203. The number of rotatable bonds is 7. The maximum Gasteiger partial charge on any atom is 0.307 e. The number of aryl methyl sites for hydroxylation is 1. The lowest BCUT2D eigenvalue weighted by molar-refractivity contribution is 0.0929. The number of furan rings is 1. The van der Waals surface area contributed by atoms with Gasteiger partial charge in [-0.15, -0.1) is 0 Å². The van der Waals surface area contributed by atoms with Gasteiger partial charge in [0, 0.05) is 37.5 Å². The Balaban J connectivity index is 1.25. The van der Waals surface area contributed by atoms with Gasteiger partial charge in [0.2, 0.25) is 0 Å². The second-order valence-corrected chi connectivity index (χ2v) is 9.91. The van der Waals surface area contributed by atoms with Crippen LogP contribution in [0.1, 0.15) is 33.1 Å². The van der Waals surface area contributed by atoms with Crippen molar-refractivity contribution < 1.29 is 13.9 Å². The van der Waals surface area contributed by atoms with Crippen molar-refractivity contribution in [3.8, 4) is 11.4 Å². The number of amides is 1. The first-order chi connectivity index (χ1) is 17.9. The Morgan fingerprint density at radius 3 is 2.57 bits per heavy atom. The molecule has 0 aliphatic carbocycles. The quantitative estimate of drug-likeness (QED) is 0.160. The summed E-state index contributed by atoms with van der Waals surface area (Å²) in [6, 6.07) is 24.8. The molecule has 2 aromatic heterocycles. The van der Waals surface area contributed by atoms with Crippen LogP contribution in [-0.2, 0) is 6.61 Å². The molecule has 0 saturated carbocycles. The number of hydrogen-bond acceptors (Lipinski definition) is 4. The van der Waals surface area contributed by atoms with Crippen molar-refractivity contribution in [3.63, 3.8) is 0 Å². The normalized spacial score (nSPS) is 11.4. The molecule has 0 aliphatic heterocycles. The first kappa shape index (κ1) is 24.9. The number of nitrogens with one attached hydrogen (secondary N) is 1. The van der Waals surface area contributed by atoms with Crippen LogP contribution in [0.3, 0.4) is 0 Å². The molecule has 186 valence electrons. The van der Waals surface area contributed by atoms with Crippen molar-refractivity contribution in [1.82, 2.24) is 9.99 Å². The molecule has 0 atom stereocenters. The van der Waals surface area contributed by atoms with Gasteiger partial charge in [0.05, 0.1) is 6.21 Å². The summed E-state index contributed by atoms with van der Waals surface area (Å²) in [5, 5.41) is 5.70. The Labute approximate surface area is 227 Å². The summed E-state index contributed by atoms with van der Waals surface area (Å²) in [5.74, 6) is 0.573. The third-order valence-electron chi connectivity index (χ3n) is 5.96. The molecule has 5 rings (SSSR count). The monoisotopic (exact) mass is 575 g/mol. The first-order valence-corrected chi connectivity index (χ1v) is 12.7. The van der Waals surface area contributed by atoms with E-state index in [1.807, 2.05) is 86.6 Å². The maximum absolute atomic E-state index is 12.5. The zero-order valence-corrected chi connectivity index (χ0v) is 22.5. The molecule has 0 aliphatic rings. The highest BCUT2D eigenvalue weighted by molar-refractivity contribution is 9.10. The van der Waals surface area contributed by atoms with Gasteiger partial charge < -0.3 is 13.7 Å². The third kappa shape index (κ3) is 5.63. The van der Waals surface area contributed by atoms with Crippen molar-refractivity contribution in [2.75, 3.05) is 0 Å². The van der Waals surface area contributed by atoms with Gasteiger partial charge in [-0.2, -0.15) is 5.10 Å². The number of carbonyl (C=O) groups is 1. The fourth-order valence-electron chi connectivity index (χ4n) is 4.10. The number of nitrogens with zero attached hydrogens (tertiary/aromatic N) is 2. The molecular weight excluding hydrogens is 554 g/mol. The van der Waals surface area contributed by atoms with E-state index in [-0.39, 0.29) is 5.76 Å². The highest BCUT2D eigenvalue weighted by Crippen LogP contribution is 2.24. The standard InChI is InChI=1S/C29H23BrClN3O3/c1-18-13-22(16-32-33-29(35)28-15-21-14-23(30)5-12-27(21)37-28)19(2)34(18)25-8-10-26(11-9-25)36-17-20-3-6-24(31)7-4-20/h3-16H,17H2,1-2H3,(H,33,35)/b32-16+. The number of carbonyl (C=O) groups excluding carboxylic acids is 1. The van der Waals surface area contributed by atoms with Crippen molar-refractivity contribution in [1.29, 1.82) is 0 Å². The molecule has 3 aromatic carbocycles. The van der Waals surface area contributed by atoms with E-state index in [1.54, 1.807) is 12.3 Å². The lowest BCUT2D eigenvalue weighted by atomic mass is 10.2. The summed E-state index contributed by atoms with van der Waals surface area (Å²) in [6.07, 6.45) is 1.64. The average Bonchev–Trinajstić information content (AvgIpc) is 3.44. The minimum atomic E-state index is -0.411. The van der Waals surface area contributed by atoms with Crippen LogP contribution in [0, 0.1) is 13.8 Å². The van der Waals surface area contributed by atoms with Crippen LogP contribution in [0.25, 0.3) is 16.7 Å². The summed E-state index contributed by atoms with van der Waals surface area (Å²) < 4.78 is 14.6. The summed E-state index contributed by atoms with van der Waals surface area (Å²) >= 11 is 9.36.